The molecule has 1 fully saturated rings. The highest BCUT2D eigenvalue weighted by atomic mass is 16.3. The molecular weight excluding hydrogens is 264 g/mol. The van der Waals surface area contributed by atoms with Crippen molar-refractivity contribution in [1.29, 1.82) is 0 Å². The van der Waals surface area contributed by atoms with E-state index in [0.717, 1.165) is 36.6 Å². The standard InChI is InChI=1S/C17H28N2O2/c1-13-14(2)21-15(3)16(13)17(20)18-9-8-12-19-10-6-4-5-7-11-19/h4-12H2,1-3H3,(H,18,20). The van der Waals surface area contributed by atoms with E-state index >= 15 is 0 Å². The number of hydrogen-bond acceptors (Lipinski definition) is 3. The average Bonchev–Trinajstić information content (AvgIpc) is 2.64. The van der Waals surface area contributed by atoms with Gasteiger partial charge in [0.2, 0.25) is 0 Å². The smallest absolute Gasteiger partial charge is 0.255 e. The van der Waals surface area contributed by atoms with Crippen LogP contribution in [0.15, 0.2) is 4.42 Å². The van der Waals surface area contributed by atoms with Crippen LogP contribution >= 0.6 is 0 Å². The van der Waals surface area contributed by atoms with Gasteiger partial charge in [0, 0.05) is 12.1 Å². The van der Waals surface area contributed by atoms with E-state index in [9.17, 15) is 4.79 Å². The Balaban J connectivity index is 1.74. The van der Waals surface area contributed by atoms with Crippen molar-refractivity contribution in [3.05, 3.63) is 22.6 Å². The first-order valence-electron chi connectivity index (χ1n) is 8.16. The van der Waals surface area contributed by atoms with Crippen molar-refractivity contribution in [2.75, 3.05) is 26.2 Å². The molecule has 0 spiro atoms. The summed E-state index contributed by atoms with van der Waals surface area (Å²) in [5.41, 5.74) is 1.67. The SMILES string of the molecule is Cc1oc(C)c(C(=O)NCCCN2CCCCCC2)c1C. The van der Waals surface area contributed by atoms with Gasteiger partial charge >= 0.3 is 0 Å². The lowest BCUT2D eigenvalue weighted by atomic mass is 10.1. The molecule has 0 unspecified atom stereocenters. The average molecular weight is 292 g/mol. The van der Waals surface area contributed by atoms with Gasteiger partial charge in [0.1, 0.15) is 11.5 Å². The molecule has 1 aliphatic rings. The number of amides is 1. The van der Waals surface area contributed by atoms with Gasteiger partial charge in [0.05, 0.1) is 5.56 Å². The maximum atomic E-state index is 12.2. The lowest BCUT2D eigenvalue weighted by molar-refractivity contribution is 0.0949. The van der Waals surface area contributed by atoms with Gasteiger partial charge < -0.3 is 14.6 Å². The summed E-state index contributed by atoms with van der Waals surface area (Å²) < 4.78 is 5.51. The lowest BCUT2D eigenvalue weighted by Crippen LogP contribution is -2.31. The third kappa shape index (κ3) is 4.34. The summed E-state index contributed by atoms with van der Waals surface area (Å²) in [6, 6.07) is 0. The van der Waals surface area contributed by atoms with E-state index in [4.69, 9.17) is 4.42 Å². The minimum Gasteiger partial charge on any atom is -0.466 e. The fraction of sp³-hybridized carbons (Fsp3) is 0.706. The number of rotatable bonds is 5. The third-order valence-electron chi connectivity index (χ3n) is 4.42. The Morgan fingerprint density at radius 3 is 2.33 bits per heavy atom. The summed E-state index contributed by atoms with van der Waals surface area (Å²) in [7, 11) is 0. The highest BCUT2D eigenvalue weighted by Gasteiger charge is 2.18. The summed E-state index contributed by atoms with van der Waals surface area (Å²) in [5, 5.41) is 3.02. The molecule has 0 aliphatic carbocycles. The van der Waals surface area contributed by atoms with E-state index in [0.29, 0.717) is 5.56 Å². The Bertz CT molecular complexity index is 471. The minimum absolute atomic E-state index is 0.00211. The molecule has 1 saturated heterocycles. The Morgan fingerprint density at radius 1 is 1.10 bits per heavy atom. The number of nitrogens with one attached hydrogen (secondary N) is 1. The molecule has 0 atom stereocenters. The molecule has 2 rings (SSSR count). The van der Waals surface area contributed by atoms with Crippen LogP contribution in [0, 0.1) is 20.8 Å². The molecule has 2 heterocycles. The Kier molecular flexibility index (Phi) is 5.85. The van der Waals surface area contributed by atoms with Gasteiger partial charge in [-0.2, -0.15) is 0 Å². The zero-order chi connectivity index (χ0) is 15.2. The lowest BCUT2D eigenvalue weighted by Gasteiger charge is -2.19. The summed E-state index contributed by atoms with van der Waals surface area (Å²) in [6.45, 7) is 9.95. The maximum absolute atomic E-state index is 12.2. The van der Waals surface area contributed by atoms with Crippen LogP contribution in [0.3, 0.4) is 0 Å². The molecule has 0 bridgehead atoms. The summed E-state index contributed by atoms with van der Waals surface area (Å²) in [6.07, 6.45) is 6.38. The predicted octanol–water partition coefficient (Wildman–Crippen LogP) is 3.20. The summed E-state index contributed by atoms with van der Waals surface area (Å²) in [5.74, 6) is 1.55. The molecule has 4 nitrogen and oxygen atoms in total. The van der Waals surface area contributed by atoms with E-state index in [-0.39, 0.29) is 5.91 Å². The van der Waals surface area contributed by atoms with Crippen molar-refractivity contribution in [3.8, 4) is 0 Å². The van der Waals surface area contributed by atoms with Crippen LogP contribution in [0.2, 0.25) is 0 Å². The number of likely N-dealkylation sites (tertiary alicyclic amines) is 1. The Labute approximate surface area is 127 Å². The fourth-order valence-corrected chi connectivity index (χ4v) is 3.08. The molecule has 4 heteroatoms. The second kappa shape index (κ2) is 7.64. The molecule has 1 aromatic rings. The highest BCUT2D eigenvalue weighted by molar-refractivity contribution is 5.96. The molecular formula is C17H28N2O2. The van der Waals surface area contributed by atoms with Crippen LogP contribution in [0.4, 0.5) is 0 Å². The summed E-state index contributed by atoms with van der Waals surface area (Å²) >= 11 is 0. The predicted molar refractivity (Wildman–Crippen MR) is 84.8 cm³/mol. The topological polar surface area (TPSA) is 45.5 Å². The first-order valence-corrected chi connectivity index (χ1v) is 8.16. The van der Waals surface area contributed by atoms with Gasteiger partial charge in [-0.25, -0.2) is 0 Å². The van der Waals surface area contributed by atoms with Crippen molar-refractivity contribution < 1.29 is 9.21 Å². The van der Waals surface area contributed by atoms with Crippen molar-refractivity contribution in [3.63, 3.8) is 0 Å². The van der Waals surface area contributed by atoms with Crippen LogP contribution in [0.25, 0.3) is 0 Å². The van der Waals surface area contributed by atoms with Crippen LogP contribution in [0.1, 0.15) is 59.5 Å². The summed E-state index contributed by atoms with van der Waals surface area (Å²) in [4.78, 5) is 14.7. The van der Waals surface area contributed by atoms with Gasteiger partial charge in [0.15, 0.2) is 0 Å². The van der Waals surface area contributed by atoms with E-state index in [2.05, 4.69) is 10.2 Å². The monoisotopic (exact) mass is 292 g/mol. The molecule has 21 heavy (non-hydrogen) atoms. The first-order chi connectivity index (χ1) is 10.1. The molecule has 0 aromatic carbocycles. The first kappa shape index (κ1) is 16.1. The van der Waals surface area contributed by atoms with Gasteiger partial charge in [0.25, 0.3) is 5.91 Å². The van der Waals surface area contributed by atoms with Crippen LogP contribution in [-0.4, -0.2) is 37.0 Å². The van der Waals surface area contributed by atoms with Crippen molar-refractivity contribution >= 4 is 5.91 Å². The molecule has 1 aliphatic heterocycles. The van der Waals surface area contributed by atoms with E-state index in [1.807, 2.05) is 20.8 Å². The maximum Gasteiger partial charge on any atom is 0.255 e. The van der Waals surface area contributed by atoms with Crippen molar-refractivity contribution in [2.45, 2.75) is 52.9 Å². The number of hydrogen-bond donors (Lipinski definition) is 1. The molecule has 0 saturated carbocycles. The zero-order valence-electron chi connectivity index (χ0n) is 13.6. The number of furan rings is 1. The molecule has 1 aromatic heterocycles. The van der Waals surface area contributed by atoms with Gasteiger partial charge in [-0.1, -0.05) is 12.8 Å². The molecule has 118 valence electrons. The molecule has 0 radical (unpaired) electrons. The van der Waals surface area contributed by atoms with Crippen LogP contribution in [0.5, 0.6) is 0 Å². The van der Waals surface area contributed by atoms with Gasteiger partial charge in [-0.3, -0.25) is 4.79 Å². The van der Waals surface area contributed by atoms with Gasteiger partial charge in [-0.15, -0.1) is 0 Å². The van der Waals surface area contributed by atoms with E-state index < -0.39 is 0 Å². The largest absolute Gasteiger partial charge is 0.466 e. The van der Waals surface area contributed by atoms with Crippen molar-refractivity contribution in [1.82, 2.24) is 10.2 Å². The van der Waals surface area contributed by atoms with E-state index in [1.54, 1.807) is 0 Å². The minimum atomic E-state index is -0.00211. The second-order valence-electron chi connectivity index (χ2n) is 6.08. The van der Waals surface area contributed by atoms with Gasteiger partial charge in [-0.05, 0) is 59.7 Å². The fourth-order valence-electron chi connectivity index (χ4n) is 3.08. The normalized spacial score (nSPS) is 16.7. The quantitative estimate of drug-likeness (QED) is 0.848. The number of carbonyl (C=O) groups is 1. The third-order valence-corrected chi connectivity index (χ3v) is 4.42. The highest BCUT2D eigenvalue weighted by Crippen LogP contribution is 2.20. The zero-order valence-corrected chi connectivity index (χ0v) is 13.6. The van der Waals surface area contributed by atoms with Crippen LogP contribution < -0.4 is 5.32 Å². The number of aryl methyl sites for hydroxylation is 2. The van der Waals surface area contributed by atoms with E-state index in [1.165, 1.54) is 38.8 Å². The van der Waals surface area contributed by atoms with Crippen LogP contribution in [-0.2, 0) is 0 Å². The number of carbonyl (C=O) groups excluding carboxylic acids is 1. The second-order valence-corrected chi connectivity index (χ2v) is 6.08. The molecule has 1 amide bonds. The molecule has 1 N–H and O–H groups in total. The Hall–Kier alpha value is -1.29. The Morgan fingerprint density at radius 2 is 1.76 bits per heavy atom. The number of nitrogens with zero attached hydrogens (tertiary/aromatic N) is 1. The van der Waals surface area contributed by atoms with Crippen molar-refractivity contribution in [2.24, 2.45) is 0 Å².